The number of nitro groups is 1. The Kier molecular flexibility index (Phi) is 4.68. The third-order valence-electron chi connectivity index (χ3n) is 2.95. The van der Waals surface area contributed by atoms with Crippen LogP contribution in [0.15, 0.2) is 47.6 Å². The molecule has 1 heterocycles. The van der Waals surface area contributed by atoms with Gasteiger partial charge in [-0.2, -0.15) is 0 Å². The molecule has 0 atom stereocenters. The highest BCUT2D eigenvalue weighted by Gasteiger charge is 2.17. The third-order valence-corrected chi connectivity index (χ3v) is 3.86. The summed E-state index contributed by atoms with van der Waals surface area (Å²) < 4.78 is 22.7. The van der Waals surface area contributed by atoms with Crippen molar-refractivity contribution in [2.75, 3.05) is 11.9 Å². The lowest BCUT2D eigenvalue weighted by Gasteiger charge is -2.08. The van der Waals surface area contributed by atoms with Gasteiger partial charge in [0, 0.05) is 25.0 Å². The van der Waals surface area contributed by atoms with Gasteiger partial charge in [0.1, 0.15) is 5.69 Å². The lowest BCUT2D eigenvalue weighted by Crippen LogP contribution is -2.13. The summed E-state index contributed by atoms with van der Waals surface area (Å²) in [7, 11) is -3.92. The Hall–Kier alpha value is -2.52. The second-order valence-corrected chi connectivity index (χ2v) is 6.08. The molecule has 0 aliphatic heterocycles. The average Bonchev–Trinajstić information content (AvgIpc) is 2.47. The minimum absolute atomic E-state index is 0.111. The Morgan fingerprint density at radius 2 is 2.09 bits per heavy atom. The van der Waals surface area contributed by atoms with Gasteiger partial charge in [-0.05, 0) is 30.2 Å². The topological polar surface area (TPSA) is 128 Å². The molecule has 1 aromatic heterocycles. The molecule has 3 N–H and O–H groups in total. The zero-order chi connectivity index (χ0) is 16.2. The van der Waals surface area contributed by atoms with Crippen molar-refractivity contribution >= 4 is 21.4 Å². The largest absolute Gasteiger partial charge is 0.379 e. The predicted octanol–water partition coefficient (Wildman–Crippen LogP) is 1.29. The molecule has 22 heavy (non-hydrogen) atoms. The number of hydrogen-bond acceptors (Lipinski definition) is 6. The molecule has 1 aromatic carbocycles. The van der Waals surface area contributed by atoms with Crippen LogP contribution in [0.3, 0.4) is 0 Å². The monoisotopic (exact) mass is 322 g/mol. The minimum atomic E-state index is -3.92. The Morgan fingerprint density at radius 3 is 2.68 bits per heavy atom. The van der Waals surface area contributed by atoms with Gasteiger partial charge >= 0.3 is 0 Å². The van der Waals surface area contributed by atoms with Crippen molar-refractivity contribution in [1.82, 2.24) is 4.98 Å². The van der Waals surface area contributed by atoms with E-state index < -0.39 is 14.9 Å². The summed E-state index contributed by atoms with van der Waals surface area (Å²) in [6.45, 7) is 0.389. The predicted molar refractivity (Wildman–Crippen MR) is 80.9 cm³/mol. The van der Waals surface area contributed by atoms with Gasteiger partial charge in [0.25, 0.3) is 5.69 Å². The maximum absolute atomic E-state index is 11.3. The van der Waals surface area contributed by atoms with E-state index in [4.69, 9.17) is 5.14 Å². The number of pyridine rings is 1. The molecular weight excluding hydrogens is 308 g/mol. The molecule has 2 rings (SSSR count). The number of benzene rings is 1. The molecular formula is C13H14N4O4S. The molecule has 116 valence electrons. The molecule has 0 fully saturated rings. The average molecular weight is 322 g/mol. The number of nitrogens with zero attached hydrogens (tertiary/aromatic N) is 2. The van der Waals surface area contributed by atoms with Gasteiger partial charge in [0.15, 0.2) is 0 Å². The highest BCUT2D eigenvalue weighted by molar-refractivity contribution is 7.89. The van der Waals surface area contributed by atoms with Crippen molar-refractivity contribution in [2.24, 2.45) is 5.14 Å². The van der Waals surface area contributed by atoms with Crippen LogP contribution in [0.1, 0.15) is 5.56 Å². The third kappa shape index (κ3) is 3.99. The van der Waals surface area contributed by atoms with Crippen LogP contribution in [0.5, 0.6) is 0 Å². The normalized spacial score (nSPS) is 11.1. The molecule has 0 spiro atoms. The van der Waals surface area contributed by atoms with Crippen molar-refractivity contribution in [2.45, 2.75) is 11.3 Å². The molecule has 2 aromatic rings. The first-order chi connectivity index (χ1) is 10.4. The molecule has 0 aliphatic carbocycles. The molecule has 0 unspecified atom stereocenters. The zero-order valence-corrected chi connectivity index (χ0v) is 12.3. The smallest absolute Gasteiger partial charge is 0.292 e. The van der Waals surface area contributed by atoms with E-state index in [0.717, 1.165) is 23.8 Å². The number of sulfonamides is 1. The van der Waals surface area contributed by atoms with E-state index in [9.17, 15) is 18.5 Å². The number of nitrogens with two attached hydrogens (primary N) is 1. The van der Waals surface area contributed by atoms with Gasteiger partial charge in [-0.15, -0.1) is 0 Å². The summed E-state index contributed by atoms with van der Waals surface area (Å²) >= 11 is 0. The number of primary sulfonamides is 1. The van der Waals surface area contributed by atoms with Crippen LogP contribution in [0.4, 0.5) is 11.4 Å². The zero-order valence-electron chi connectivity index (χ0n) is 11.5. The van der Waals surface area contributed by atoms with Crippen LogP contribution < -0.4 is 10.5 Å². The number of hydrogen-bond donors (Lipinski definition) is 2. The Bertz CT molecular complexity index is 778. The fourth-order valence-electron chi connectivity index (χ4n) is 1.88. The fraction of sp³-hybridized carbons (Fsp3) is 0.154. The molecule has 0 radical (unpaired) electrons. The Morgan fingerprint density at radius 1 is 1.32 bits per heavy atom. The van der Waals surface area contributed by atoms with Crippen LogP contribution in [0, 0.1) is 10.1 Å². The SMILES string of the molecule is NS(=O)(=O)c1ccc([N+](=O)[O-])c(NCCc2cccnc2)c1. The van der Waals surface area contributed by atoms with Crippen LogP contribution in [-0.2, 0) is 16.4 Å². The van der Waals surface area contributed by atoms with Gasteiger partial charge in [-0.25, -0.2) is 13.6 Å². The van der Waals surface area contributed by atoms with E-state index in [1.165, 1.54) is 0 Å². The quantitative estimate of drug-likeness (QED) is 0.609. The minimum Gasteiger partial charge on any atom is -0.379 e. The second kappa shape index (κ2) is 6.50. The summed E-state index contributed by atoms with van der Waals surface area (Å²) in [4.78, 5) is 14.2. The van der Waals surface area contributed by atoms with Gasteiger partial charge in [-0.1, -0.05) is 6.07 Å². The lowest BCUT2D eigenvalue weighted by molar-refractivity contribution is -0.384. The van der Waals surface area contributed by atoms with Gasteiger partial charge in [0.05, 0.1) is 9.82 Å². The summed E-state index contributed by atoms with van der Waals surface area (Å²) in [6, 6.07) is 7.06. The first-order valence-electron chi connectivity index (χ1n) is 6.32. The van der Waals surface area contributed by atoms with Gasteiger partial charge in [-0.3, -0.25) is 15.1 Å². The van der Waals surface area contributed by atoms with Gasteiger partial charge < -0.3 is 5.32 Å². The molecule has 8 nitrogen and oxygen atoms in total. The summed E-state index contributed by atoms with van der Waals surface area (Å²) in [6.07, 6.45) is 3.93. The molecule has 0 saturated heterocycles. The number of nitrogens with one attached hydrogen (secondary N) is 1. The number of rotatable bonds is 6. The summed E-state index contributed by atoms with van der Waals surface area (Å²) in [5.41, 5.74) is 0.860. The number of aromatic nitrogens is 1. The van der Waals surface area contributed by atoms with E-state index in [1.807, 2.05) is 6.07 Å². The van der Waals surface area contributed by atoms with Gasteiger partial charge in [0.2, 0.25) is 10.0 Å². The second-order valence-electron chi connectivity index (χ2n) is 4.52. The fourth-order valence-corrected chi connectivity index (χ4v) is 2.42. The van der Waals surface area contributed by atoms with E-state index >= 15 is 0 Å². The Balaban J connectivity index is 2.18. The maximum atomic E-state index is 11.3. The van der Waals surface area contributed by atoms with E-state index in [0.29, 0.717) is 13.0 Å². The molecule has 0 aliphatic rings. The molecule has 9 heteroatoms. The van der Waals surface area contributed by atoms with Crippen molar-refractivity contribution in [3.8, 4) is 0 Å². The highest BCUT2D eigenvalue weighted by Crippen LogP contribution is 2.26. The Labute approximate surface area is 127 Å². The first-order valence-corrected chi connectivity index (χ1v) is 7.86. The molecule has 0 amide bonds. The highest BCUT2D eigenvalue weighted by atomic mass is 32.2. The van der Waals surface area contributed by atoms with Crippen molar-refractivity contribution in [1.29, 1.82) is 0 Å². The summed E-state index contributed by atoms with van der Waals surface area (Å²) in [5, 5.41) is 18.9. The van der Waals surface area contributed by atoms with E-state index in [-0.39, 0.29) is 16.3 Å². The molecule has 0 bridgehead atoms. The number of anilines is 1. The maximum Gasteiger partial charge on any atom is 0.292 e. The van der Waals surface area contributed by atoms with Crippen LogP contribution in [0.2, 0.25) is 0 Å². The van der Waals surface area contributed by atoms with Crippen LogP contribution >= 0.6 is 0 Å². The van der Waals surface area contributed by atoms with Crippen LogP contribution in [-0.4, -0.2) is 24.9 Å². The number of nitro benzene ring substituents is 1. The van der Waals surface area contributed by atoms with Crippen LogP contribution in [0.25, 0.3) is 0 Å². The van der Waals surface area contributed by atoms with Crippen molar-refractivity contribution < 1.29 is 13.3 Å². The van der Waals surface area contributed by atoms with Crippen molar-refractivity contribution in [3.63, 3.8) is 0 Å². The standard InChI is InChI=1S/C13H14N4O4S/c14-22(20,21)11-3-4-13(17(18)19)12(8-11)16-7-5-10-2-1-6-15-9-10/h1-4,6,8-9,16H,5,7H2,(H2,14,20,21). The molecule has 0 saturated carbocycles. The van der Waals surface area contributed by atoms with E-state index in [1.54, 1.807) is 18.5 Å². The first kappa shape index (κ1) is 15.9. The lowest BCUT2D eigenvalue weighted by atomic mass is 10.2. The van der Waals surface area contributed by atoms with E-state index in [2.05, 4.69) is 10.3 Å². The summed E-state index contributed by atoms with van der Waals surface area (Å²) in [5.74, 6) is 0. The van der Waals surface area contributed by atoms with Crippen molar-refractivity contribution in [3.05, 3.63) is 58.4 Å².